The van der Waals surface area contributed by atoms with E-state index in [-0.39, 0.29) is 12.4 Å². The van der Waals surface area contributed by atoms with Crippen molar-refractivity contribution in [2.75, 3.05) is 5.73 Å². The third-order valence-corrected chi connectivity index (χ3v) is 3.15. The van der Waals surface area contributed by atoms with E-state index < -0.39 is 17.4 Å². The lowest BCUT2D eigenvalue weighted by Gasteiger charge is -2.04. The van der Waals surface area contributed by atoms with Crippen LogP contribution in [0.15, 0.2) is 28.7 Å². The van der Waals surface area contributed by atoms with Crippen molar-refractivity contribution in [3.05, 3.63) is 45.6 Å². The van der Waals surface area contributed by atoms with E-state index in [1.807, 2.05) is 0 Å². The third-order valence-electron chi connectivity index (χ3n) is 2.62. The van der Waals surface area contributed by atoms with Gasteiger partial charge in [0.2, 0.25) is 0 Å². The quantitative estimate of drug-likeness (QED) is 0.909. The molecule has 0 aliphatic carbocycles. The molecule has 0 aliphatic rings. The molecule has 1 aromatic carbocycles. The summed E-state index contributed by atoms with van der Waals surface area (Å²) in [6.07, 6.45) is -4.70. The summed E-state index contributed by atoms with van der Waals surface area (Å²) in [7, 11) is 0. The number of benzene rings is 1. The second kappa shape index (κ2) is 5.17. The van der Waals surface area contributed by atoms with E-state index in [4.69, 9.17) is 11.0 Å². The van der Waals surface area contributed by atoms with Crippen LogP contribution in [0.3, 0.4) is 0 Å². The fourth-order valence-corrected chi connectivity index (χ4v) is 1.93. The molecule has 0 radical (unpaired) electrons. The Morgan fingerprint density at radius 2 is 1.90 bits per heavy atom. The number of anilines is 1. The van der Waals surface area contributed by atoms with Crippen molar-refractivity contribution in [3.8, 4) is 6.07 Å². The number of aromatic nitrogens is 2. The van der Waals surface area contributed by atoms with Crippen LogP contribution in [0.2, 0.25) is 0 Å². The Labute approximate surface area is 120 Å². The molecule has 8 heteroatoms. The molecule has 0 saturated heterocycles. The summed E-state index contributed by atoms with van der Waals surface area (Å²) >= 11 is 3.26. The highest BCUT2D eigenvalue weighted by Gasteiger charge is 2.39. The predicted octanol–water partition coefficient (Wildman–Crippen LogP) is 3.17. The molecule has 2 rings (SSSR count). The smallest absolute Gasteiger partial charge is 0.383 e. The normalized spacial score (nSPS) is 11.3. The van der Waals surface area contributed by atoms with E-state index in [0.29, 0.717) is 0 Å². The fourth-order valence-electron chi connectivity index (χ4n) is 1.67. The Morgan fingerprint density at radius 3 is 2.35 bits per heavy atom. The van der Waals surface area contributed by atoms with Crippen molar-refractivity contribution in [1.29, 1.82) is 5.26 Å². The van der Waals surface area contributed by atoms with Crippen LogP contribution in [0.5, 0.6) is 0 Å². The summed E-state index contributed by atoms with van der Waals surface area (Å²) in [5, 5.41) is 12.2. The van der Waals surface area contributed by atoms with Crippen molar-refractivity contribution >= 4 is 21.7 Å². The highest BCUT2D eigenvalue weighted by molar-refractivity contribution is 9.10. The summed E-state index contributed by atoms with van der Waals surface area (Å²) in [4.78, 5) is 0. The molecule has 1 aromatic heterocycles. The van der Waals surface area contributed by atoms with Crippen LogP contribution < -0.4 is 5.73 Å². The molecule has 2 N–H and O–H groups in total. The van der Waals surface area contributed by atoms with Crippen molar-refractivity contribution in [2.45, 2.75) is 12.7 Å². The van der Waals surface area contributed by atoms with Gasteiger partial charge in [-0.1, -0.05) is 28.1 Å². The summed E-state index contributed by atoms with van der Waals surface area (Å²) < 4.78 is 40.0. The Bertz CT molecular complexity index is 668. The standard InChI is InChI=1S/C12H8BrF3N4/c13-8-3-1-7(2-4-8)6-20-11(18)9(5-17)10(19-20)12(14,15)16/h1-4H,6,18H2. The number of nitriles is 1. The number of nitrogens with two attached hydrogens (primary N) is 1. The molecule has 0 amide bonds. The summed E-state index contributed by atoms with van der Waals surface area (Å²) in [6, 6.07) is 8.41. The molecule has 20 heavy (non-hydrogen) atoms. The summed E-state index contributed by atoms with van der Waals surface area (Å²) in [5.41, 5.74) is 4.38. The van der Waals surface area contributed by atoms with Gasteiger partial charge >= 0.3 is 6.18 Å². The first-order valence-electron chi connectivity index (χ1n) is 5.41. The summed E-state index contributed by atoms with van der Waals surface area (Å²) in [6.45, 7) is 0.0594. The maximum absolute atomic E-state index is 12.7. The van der Waals surface area contributed by atoms with Gasteiger partial charge < -0.3 is 5.73 Å². The van der Waals surface area contributed by atoms with Crippen LogP contribution in [0.1, 0.15) is 16.8 Å². The number of nitrogens with zero attached hydrogens (tertiary/aromatic N) is 3. The molecule has 0 unspecified atom stereocenters. The maximum Gasteiger partial charge on any atom is 0.436 e. The molecule has 0 bridgehead atoms. The predicted molar refractivity (Wildman–Crippen MR) is 69.6 cm³/mol. The zero-order chi connectivity index (χ0) is 14.9. The molecule has 0 spiro atoms. The van der Waals surface area contributed by atoms with Gasteiger partial charge in [0.15, 0.2) is 5.69 Å². The van der Waals surface area contributed by atoms with Crippen LogP contribution in [0.4, 0.5) is 19.0 Å². The molecule has 0 fully saturated rings. The van der Waals surface area contributed by atoms with Crippen LogP contribution in [0, 0.1) is 11.3 Å². The van der Waals surface area contributed by atoms with E-state index in [0.717, 1.165) is 14.7 Å². The maximum atomic E-state index is 12.7. The molecule has 4 nitrogen and oxygen atoms in total. The van der Waals surface area contributed by atoms with Gasteiger partial charge in [0.05, 0.1) is 6.54 Å². The van der Waals surface area contributed by atoms with Crippen molar-refractivity contribution < 1.29 is 13.2 Å². The van der Waals surface area contributed by atoms with Gasteiger partial charge in [0.25, 0.3) is 0 Å². The topological polar surface area (TPSA) is 67.6 Å². The minimum absolute atomic E-state index is 0.0594. The first kappa shape index (κ1) is 14.4. The first-order valence-corrected chi connectivity index (χ1v) is 6.20. The van der Waals surface area contributed by atoms with Crippen LogP contribution in [0.25, 0.3) is 0 Å². The van der Waals surface area contributed by atoms with Gasteiger partial charge in [0, 0.05) is 4.47 Å². The molecule has 0 saturated carbocycles. The molecular formula is C12H8BrF3N4. The highest BCUT2D eigenvalue weighted by Crippen LogP contribution is 2.33. The average molecular weight is 345 g/mol. The van der Waals surface area contributed by atoms with E-state index >= 15 is 0 Å². The monoisotopic (exact) mass is 344 g/mol. The third kappa shape index (κ3) is 2.77. The minimum atomic E-state index is -4.70. The molecule has 1 heterocycles. The van der Waals surface area contributed by atoms with E-state index in [1.165, 1.54) is 6.07 Å². The SMILES string of the molecule is N#Cc1c(C(F)(F)F)nn(Cc2ccc(Br)cc2)c1N. The van der Waals surface area contributed by atoms with E-state index in [9.17, 15) is 13.2 Å². The fraction of sp³-hybridized carbons (Fsp3) is 0.167. The number of rotatable bonds is 2. The lowest BCUT2D eigenvalue weighted by atomic mass is 10.2. The molecule has 0 atom stereocenters. The van der Waals surface area contributed by atoms with Gasteiger partial charge in [-0.05, 0) is 17.7 Å². The van der Waals surface area contributed by atoms with Gasteiger partial charge in [-0.25, -0.2) is 4.68 Å². The largest absolute Gasteiger partial charge is 0.436 e. The Balaban J connectivity index is 2.41. The van der Waals surface area contributed by atoms with Crippen LogP contribution in [-0.4, -0.2) is 9.78 Å². The number of halogens is 4. The van der Waals surface area contributed by atoms with Gasteiger partial charge in [-0.2, -0.15) is 23.5 Å². The number of hydrogen-bond acceptors (Lipinski definition) is 3. The molecular weight excluding hydrogens is 337 g/mol. The Hall–Kier alpha value is -2.01. The molecule has 104 valence electrons. The molecule has 2 aromatic rings. The molecule has 0 aliphatic heterocycles. The van der Waals surface area contributed by atoms with Crippen LogP contribution in [-0.2, 0) is 12.7 Å². The average Bonchev–Trinajstić information content (AvgIpc) is 2.69. The van der Waals surface area contributed by atoms with E-state index in [1.54, 1.807) is 24.3 Å². The van der Waals surface area contributed by atoms with Crippen molar-refractivity contribution in [2.24, 2.45) is 0 Å². The van der Waals surface area contributed by atoms with E-state index in [2.05, 4.69) is 21.0 Å². The van der Waals surface area contributed by atoms with Crippen molar-refractivity contribution in [3.63, 3.8) is 0 Å². The number of alkyl halides is 3. The minimum Gasteiger partial charge on any atom is -0.383 e. The van der Waals surface area contributed by atoms with Gasteiger partial charge in [-0.3, -0.25) is 0 Å². The number of nitrogen functional groups attached to an aromatic ring is 1. The van der Waals surface area contributed by atoms with Crippen LogP contribution >= 0.6 is 15.9 Å². The van der Waals surface area contributed by atoms with Gasteiger partial charge in [0.1, 0.15) is 17.5 Å². The second-order valence-corrected chi connectivity index (χ2v) is 4.92. The lowest BCUT2D eigenvalue weighted by Crippen LogP contribution is -2.10. The van der Waals surface area contributed by atoms with Gasteiger partial charge in [-0.15, -0.1) is 0 Å². The summed E-state index contributed by atoms with van der Waals surface area (Å²) in [5.74, 6) is -0.289. The second-order valence-electron chi connectivity index (χ2n) is 4.00. The lowest BCUT2D eigenvalue weighted by molar-refractivity contribution is -0.141. The first-order chi connectivity index (χ1) is 9.32. The Kier molecular flexibility index (Phi) is 3.72. The zero-order valence-electron chi connectivity index (χ0n) is 9.95. The Morgan fingerprint density at radius 1 is 1.30 bits per heavy atom. The number of hydrogen-bond donors (Lipinski definition) is 1. The zero-order valence-corrected chi connectivity index (χ0v) is 11.5. The van der Waals surface area contributed by atoms with Crippen molar-refractivity contribution in [1.82, 2.24) is 9.78 Å². The highest BCUT2D eigenvalue weighted by atomic mass is 79.9.